The second kappa shape index (κ2) is 8.10. The van der Waals surface area contributed by atoms with Crippen molar-refractivity contribution >= 4 is 27.5 Å². The molecule has 1 aliphatic rings. The van der Waals surface area contributed by atoms with Crippen molar-refractivity contribution in [3.05, 3.63) is 10.8 Å². The minimum absolute atomic E-state index is 0.0432. The second-order valence-electron chi connectivity index (χ2n) is 7.63. The number of carbonyl (C=O) groups is 1. The van der Waals surface area contributed by atoms with Gasteiger partial charge in [-0.1, -0.05) is 11.6 Å². The highest BCUT2D eigenvalue weighted by Crippen LogP contribution is 2.37. The minimum atomic E-state index is -4.79. The van der Waals surface area contributed by atoms with Crippen LogP contribution in [0.3, 0.4) is 0 Å². The SMILES string of the molecule is Cn1nc(C(F)F)c(S(=O)(=O)C(F)C2CCN(C(=O)OC(C)(C)C)CC2)c1Cl. The first-order valence-corrected chi connectivity index (χ1v) is 10.5. The van der Waals surface area contributed by atoms with E-state index < -0.39 is 55.1 Å². The first-order chi connectivity index (χ1) is 12.8. The Hall–Kier alpha value is -1.49. The molecule has 7 nitrogen and oxygen atoms in total. The summed E-state index contributed by atoms with van der Waals surface area (Å²) in [6, 6.07) is 0. The molecule has 0 aromatic carbocycles. The van der Waals surface area contributed by atoms with Gasteiger partial charge < -0.3 is 9.64 Å². The number of alkyl halides is 3. The molecule has 12 heteroatoms. The number of aromatic nitrogens is 2. The predicted octanol–water partition coefficient (Wildman–Crippen LogP) is 3.73. The van der Waals surface area contributed by atoms with Gasteiger partial charge in [0.25, 0.3) is 6.43 Å². The van der Waals surface area contributed by atoms with Crippen LogP contribution in [0.1, 0.15) is 45.7 Å². The average Bonchev–Trinajstić information content (AvgIpc) is 2.89. The number of halogens is 4. The molecule has 0 spiro atoms. The number of piperidine rings is 1. The van der Waals surface area contributed by atoms with Gasteiger partial charge >= 0.3 is 6.09 Å². The van der Waals surface area contributed by atoms with Gasteiger partial charge in [-0.15, -0.1) is 0 Å². The highest BCUT2D eigenvalue weighted by atomic mass is 35.5. The van der Waals surface area contributed by atoms with Gasteiger partial charge in [-0.2, -0.15) is 5.10 Å². The molecule has 2 rings (SSSR count). The Kier molecular flexibility index (Phi) is 6.59. The van der Waals surface area contributed by atoms with Crippen LogP contribution in [0.4, 0.5) is 18.0 Å². The van der Waals surface area contributed by atoms with Crippen LogP contribution in [0.15, 0.2) is 4.90 Å². The van der Waals surface area contributed by atoms with Gasteiger partial charge in [0.2, 0.25) is 15.3 Å². The number of hydrogen-bond acceptors (Lipinski definition) is 5. The first-order valence-electron chi connectivity index (χ1n) is 8.62. The zero-order valence-electron chi connectivity index (χ0n) is 16.0. The van der Waals surface area contributed by atoms with Gasteiger partial charge in [0.15, 0.2) is 0 Å². The van der Waals surface area contributed by atoms with Crippen molar-refractivity contribution in [2.24, 2.45) is 13.0 Å². The number of nitrogens with zero attached hydrogens (tertiary/aromatic N) is 3. The van der Waals surface area contributed by atoms with E-state index in [2.05, 4.69) is 5.10 Å². The van der Waals surface area contributed by atoms with E-state index >= 15 is 0 Å². The molecule has 0 saturated carbocycles. The number of ether oxygens (including phenoxy) is 1. The lowest BCUT2D eigenvalue weighted by molar-refractivity contribution is 0.0166. The Morgan fingerprint density at radius 3 is 2.25 bits per heavy atom. The molecule has 1 unspecified atom stereocenters. The Morgan fingerprint density at radius 1 is 1.25 bits per heavy atom. The van der Waals surface area contributed by atoms with E-state index in [4.69, 9.17) is 16.3 Å². The molecule has 1 atom stereocenters. The maximum absolute atomic E-state index is 14.9. The van der Waals surface area contributed by atoms with Gasteiger partial charge in [-0.25, -0.2) is 26.4 Å². The fourth-order valence-electron chi connectivity index (χ4n) is 2.95. The van der Waals surface area contributed by atoms with Crippen LogP contribution in [0.5, 0.6) is 0 Å². The van der Waals surface area contributed by atoms with Crippen molar-refractivity contribution in [1.82, 2.24) is 14.7 Å². The summed E-state index contributed by atoms with van der Waals surface area (Å²) in [6.45, 7) is 5.32. The summed E-state index contributed by atoms with van der Waals surface area (Å²) >= 11 is 5.80. The molecule has 2 heterocycles. The normalized spacial score (nSPS) is 17.8. The zero-order chi connectivity index (χ0) is 21.4. The van der Waals surface area contributed by atoms with Crippen molar-refractivity contribution in [3.63, 3.8) is 0 Å². The molecule has 0 bridgehead atoms. The van der Waals surface area contributed by atoms with Gasteiger partial charge in [0.05, 0.1) is 0 Å². The molecular formula is C16H23ClF3N3O4S. The van der Waals surface area contributed by atoms with Crippen LogP contribution in [-0.2, 0) is 21.6 Å². The van der Waals surface area contributed by atoms with Crippen LogP contribution in [0.2, 0.25) is 5.15 Å². The third kappa shape index (κ3) is 4.73. The molecule has 28 heavy (non-hydrogen) atoms. The van der Waals surface area contributed by atoms with E-state index in [0.29, 0.717) is 0 Å². The van der Waals surface area contributed by atoms with Crippen molar-refractivity contribution in [2.45, 2.75) is 56.0 Å². The fraction of sp³-hybridized carbons (Fsp3) is 0.750. The number of hydrogen-bond donors (Lipinski definition) is 0. The van der Waals surface area contributed by atoms with E-state index in [1.807, 2.05) is 0 Å². The summed E-state index contributed by atoms with van der Waals surface area (Å²) in [7, 11) is -3.59. The molecule has 1 aliphatic heterocycles. The van der Waals surface area contributed by atoms with E-state index in [9.17, 15) is 26.4 Å². The Labute approximate surface area is 166 Å². The third-order valence-corrected chi connectivity index (χ3v) is 6.81. The van der Waals surface area contributed by atoms with E-state index in [-0.39, 0.29) is 25.9 Å². The van der Waals surface area contributed by atoms with Gasteiger partial charge in [0, 0.05) is 26.1 Å². The number of likely N-dealkylation sites (tertiary alicyclic amines) is 1. The largest absolute Gasteiger partial charge is 0.444 e. The molecule has 1 amide bonds. The Morgan fingerprint density at radius 2 is 1.79 bits per heavy atom. The number of amides is 1. The third-order valence-electron chi connectivity index (χ3n) is 4.31. The fourth-order valence-corrected chi connectivity index (χ4v) is 5.20. The monoisotopic (exact) mass is 445 g/mol. The van der Waals surface area contributed by atoms with Crippen molar-refractivity contribution in [2.75, 3.05) is 13.1 Å². The lowest BCUT2D eigenvalue weighted by Gasteiger charge is -2.34. The van der Waals surface area contributed by atoms with Crippen LogP contribution >= 0.6 is 11.6 Å². The van der Waals surface area contributed by atoms with E-state index in [1.54, 1.807) is 20.8 Å². The predicted molar refractivity (Wildman–Crippen MR) is 95.8 cm³/mol. The molecule has 1 saturated heterocycles. The highest BCUT2D eigenvalue weighted by molar-refractivity contribution is 7.92. The molecule has 1 aromatic rings. The lowest BCUT2D eigenvalue weighted by Crippen LogP contribution is -2.44. The molecule has 1 aromatic heterocycles. The summed E-state index contributed by atoms with van der Waals surface area (Å²) < 4.78 is 72.5. The summed E-state index contributed by atoms with van der Waals surface area (Å²) in [4.78, 5) is 12.4. The van der Waals surface area contributed by atoms with Gasteiger partial charge in [-0.05, 0) is 33.6 Å². The van der Waals surface area contributed by atoms with Crippen LogP contribution in [0.25, 0.3) is 0 Å². The Bertz CT molecular complexity index is 831. The van der Waals surface area contributed by atoms with E-state index in [0.717, 1.165) is 4.68 Å². The topological polar surface area (TPSA) is 81.5 Å². The van der Waals surface area contributed by atoms with Gasteiger partial charge in [0.1, 0.15) is 21.3 Å². The molecule has 1 fully saturated rings. The zero-order valence-corrected chi connectivity index (χ0v) is 17.5. The van der Waals surface area contributed by atoms with Crippen molar-refractivity contribution in [1.29, 1.82) is 0 Å². The summed E-state index contributed by atoms with van der Waals surface area (Å²) in [5.74, 6) is -0.967. The minimum Gasteiger partial charge on any atom is -0.444 e. The van der Waals surface area contributed by atoms with Crippen molar-refractivity contribution < 1.29 is 31.1 Å². The Balaban J connectivity index is 2.15. The highest BCUT2D eigenvalue weighted by Gasteiger charge is 2.43. The maximum Gasteiger partial charge on any atom is 0.410 e. The van der Waals surface area contributed by atoms with Crippen LogP contribution in [0, 0.1) is 5.92 Å². The lowest BCUT2D eigenvalue weighted by atomic mass is 9.98. The van der Waals surface area contributed by atoms with Crippen LogP contribution < -0.4 is 0 Å². The first kappa shape index (κ1) is 22.8. The standard InChI is InChI=1S/C16H23ClF3N3O4S/c1-16(2,3)27-15(24)23-7-5-9(6-8-23)14(20)28(25,26)11-10(13(18)19)21-22(4)12(11)17/h9,13-14H,5-8H2,1-4H3. The quantitative estimate of drug-likeness (QED) is 0.705. The maximum atomic E-state index is 14.9. The average molecular weight is 446 g/mol. The number of sulfone groups is 1. The number of aryl methyl sites for hydroxylation is 1. The smallest absolute Gasteiger partial charge is 0.410 e. The molecule has 0 radical (unpaired) electrons. The number of rotatable bonds is 4. The second-order valence-corrected chi connectivity index (χ2v) is 9.94. The van der Waals surface area contributed by atoms with Gasteiger partial charge in [-0.3, -0.25) is 4.68 Å². The summed E-state index contributed by atoms with van der Waals surface area (Å²) in [6.07, 6.45) is -3.70. The van der Waals surface area contributed by atoms with Crippen LogP contribution in [-0.4, -0.2) is 53.4 Å². The summed E-state index contributed by atoms with van der Waals surface area (Å²) in [5.41, 5.74) is -4.20. The summed E-state index contributed by atoms with van der Waals surface area (Å²) in [5, 5.41) is 2.83. The number of carbonyl (C=O) groups excluding carboxylic acids is 1. The molecule has 0 N–H and O–H groups in total. The van der Waals surface area contributed by atoms with Crippen molar-refractivity contribution in [3.8, 4) is 0 Å². The van der Waals surface area contributed by atoms with E-state index in [1.165, 1.54) is 11.9 Å². The molecule has 160 valence electrons. The molecular weight excluding hydrogens is 423 g/mol. The molecule has 0 aliphatic carbocycles.